The average Bonchev–Trinajstić information content (AvgIpc) is 3.30. The summed E-state index contributed by atoms with van der Waals surface area (Å²) in [5.41, 5.74) is 0. The van der Waals surface area contributed by atoms with Crippen molar-refractivity contribution in [2.45, 2.75) is 277 Å². The van der Waals surface area contributed by atoms with E-state index in [-0.39, 0.29) is 25.2 Å². The van der Waals surface area contributed by atoms with Crippen molar-refractivity contribution in [1.29, 1.82) is 0 Å². The molecule has 5 nitrogen and oxygen atoms in total. The van der Waals surface area contributed by atoms with Gasteiger partial charge in [-0.05, 0) is 83.5 Å². The first kappa shape index (κ1) is 61.3. The lowest BCUT2D eigenvalue weighted by atomic mass is 10.0. The Bertz CT molecular complexity index is 1150. The Kier molecular flexibility index (Phi) is 52.4. The van der Waals surface area contributed by atoms with Gasteiger partial charge in [0.2, 0.25) is 0 Å². The molecule has 5 heteroatoms. The standard InChI is InChI=1S/C59H104O5/c1-3-5-7-9-11-13-15-17-19-21-23-24-25-26-27-28-29-30-31-32-33-34-36-37-39-41-43-45-47-49-51-53-58(61)63-56-57(55-60)64-59(62)54-52-50-48-46-44-42-40-38-35-22-20-18-16-14-12-10-8-6-4-2/h6,8,12,14-15,17-18,20-21,23,35,38,57,60H,3-5,7,9-11,13,16,19,22,24-34,36-37,39-56H2,1-2H3/b8-6-,14-12-,17-15-,20-18-,23-21-,38-35-. The van der Waals surface area contributed by atoms with E-state index in [0.717, 1.165) is 77.0 Å². The monoisotopic (exact) mass is 893 g/mol. The van der Waals surface area contributed by atoms with Gasteiger partial charge in [-0.3, -0.25) is 9.59 Å². The molecule has 0 aromatic rings. The Balaban J connectivity index is 3.47. The average molecular weight is 893 g/mol. The summed E-state index contributed by atoms with van der Waals surface area (Å²) in [7, 11) is 0. The molecule has 0 aromatic heterocycles. The molecule has 64 heavy (non-hydrogen) atoms. The first-order valence-corrected chi connectivity index (χ1v) is 27.5. The highest BCUT2D eigenvalue weighted by Gasteiger charge is 2.16. The molecule has 0 heterocycles. The van der Waals surface area contributed by atoms with Crippen molar-refractivity contribution in [1.82, 2.24) is 0 Å². The first-order valence-electron chi connectivity index (χ1n) is 27.5. The van der Waals surface area contributed by atoms with Crippen molar-refractivity contribution >= 4 is 11.9 Å². The smallest absolute Gasteiger partial charge is 0.306 e. The topological polar surface area (TPSA) is 72.8 Å². The van der Waals surface area contributed by atoms with Crippen LogP contribution in [-0.2, 0) is 19.1 Å². The number of rotatable bonds is 50. The van der Waals surface area contributed by atoms with Gasteiger partial charge < -0.3 is 14.6 Å². The summed E-state index contributed by atoms with van der Waals surface area (Å²) in [5.74, 6) is -0.600. The molecule has 0 saturated heterocycles. The number of carbonyl (C=O) groups is 2. The summed E-state index contributed by atoms with van der Waals surface area (Å²) in [4.78, 5) is 24.5. The molecule has 1 N–H and O–H groups in total. The van der Waals surface area contributed by atoms with E-state index in [0.29, 0.717) is 12.8 Å². The zero-order chi connectivity index (χ0) is 46.3. The molecule has 0 bridgehead atoms. The molecule has 1 unspecified atom stereocenters. The Morgan fingerprint density at radius 3 is 1.02 bits per heavy atom. The van der Waals surface area contributed by atoms with Crippen molar-refractivity contribution in [2.24, 2.45) is 0 Å². The number of aliphatic hydroxyl groups is 1. The Labute approximate surface area is 397 Å². The van der Waals surface area contributed by atoms with Gasteiger partial charge in [0.25, 0.3) is 0 Å². The number of carbonyl (C=O) groups excluding carboxylic acids is 2. The Morgan fingerprint density at radius 1 is 0.375 bits per heavy atom. The van der Waals surface area contributed by atoms with Crippen LogP contribution in [0.3, 0.4) is 0 Å². The molecule has 0 aliphatic heterocycles. The number of allylic oxidation sites excluding steroid dienone is 12. The van der Waals surface area contributed by atoms with E-state index in [1.165, 1.54) is 167 Å². The number of unbranched alkanes of at least 4 members (excludes halogenated alkanes) is 30. The van der Waals surface area contributed by atoms with Crippen molar-refractivity contribution < 1.29 is 24.2 Å². The van der Waals surface area contributed by atoms with Crippen LogP contribution in [-0.4, -0.2) is 36.4 Å². The van der Waals surface area contributed by atoms with Gasteiger partial charge in [0.05, 0.1) is 6.61 Å². The van der Waals surface area contributed by atoms with Crippen LogP contribution in [0.4, 0.5) is 0 Å². The third-order valence-corrected chi connectivity index (χ3v) is 12.0. The van der Waals surface area contributed by atoms with Crippen LogP contribution in [0.25, 0.3) is 0 Å². The van der Waals surface area contributed by atoms with Crippen molar-refractivity contribution in [3.63, 3.8) is 0 Å². The van der Waals surface area contributed by atoms with E-state index in [1.807, 2.05) is 0 Å². The maximum absolute atomic E-state index is 12.3. The summed E-state index contributed by atoms with van der Waals surface area (Å²) >= 11 is 0. The molecule has 0 spiro atoms. The third-order valence-electron chi connectivity index (χ3n) is 12.0. The molecular formula is C59H104O5. The minimum absolute atomic E-state index is 0.0723. The molecule has 0 rings (SSSR count). The van der Waals surface area contributed by atoms with Gasteiger partial charge in [0.15, 0.2) is 6.10 Å². The number of ether oxygens (including phenoxy) is 2. The third kappa shape index (κ3) is 52.0. The Hall–Kier alpha value is -2.66. The van der Waals surface area contributed by atoms with E-state index in [2.05, 4.69) is 86.8 Å². The summed E-state index contributed by atoms with van der Waals surface area (Å²) < 4.78 is 10.7. The number of esters is 2. The molecule has 0 fully saturated rings. The number of hydrogen-bond acceptors (Lipinski definition) is 5. The minimum atomic E-state index is -0.782. The predicted octanol–water partition coefficient (Wildman–Crippen LogP) is 18.4. The van der Waals surface area contributed by atoms with Crippen LogP contribution < -0.4 is 0 Å². The molecule has 0 aromatic carbocycles. The van der Waals surface area contributed by atoms with Crippen LogP contribution in [0.5, 0.6) is 0 Å². The van der Waals surface area contributed by atoms with E-state index < -0.39 is 6.10 Å². The van der Waals surface area contributed by atoms with Crippen LogP contribution in [0, 0.1) is 0 Å². The molecule has 0 amide bonds. The number of aliphatic hydroxyl groups excluding tert-OH is 1. The van der Waals surface area contributed by atoms with Gasteiger partial charge in [0.1, 0.15) is 6.61 Å². The van der Waals surface area contributed by atoms with Gasteiger partial charge in [-0.2, -0.15) is 0 Å². The second-order valence-corrected chi connectivity index (χ2v) is 18.3. The maximum atomic E-state index is 12.3. The van der Waals surface area contributed by atoms with Gasteiger partial charge in [-0.25, -0.2) is 0 Å². The largest absolute Gasteiger partial charge is 0.462 e. The lowest BCUT2D eigenvalue weighted by Gasteiger charge is -2.15. The van der Waals surface area contributed by atoms with Crippen LogP contribution in [0.1, 0.15) is 271 Å². The summed E-state index contributed by atoms with van der Waals surface area (Å²) in [6.45, 7) is 4.03. The van der Waals surface area contributed by atoms with Crippen molar-refractivity contribution in [3.05, 3.63) is 72.9 Å². The van der Waals surface area contributed by atoms with Gasteiger partial charge >= 0.3 is 11.9 Å². The lowest BCUT2D eigenvalue weighted by Crippen LogP contribution is -2.28. The van der Waals surface area contributed by atoms with Crippen molar-refractivity contribution in [2.75, 3.05) is 13.2 Å². The number of hydrogen-bond donors (Lipinski definition) is 1. The fourth-order valence-electron chi connectivity index (χ4n) is 7.87. The fraction of sp³-hybridized carbons (Fsp3) is 0.763. The highest BCUT2D eigenvalue weighted by atomic mass is 16.6. The van der Waals surface area contributed by atoms with Crippen LogP contribution >= 0.6 is 0 Å². The van der Waals surface area contributed by atoms with Crippen LogP contribution in [0.2, 0.25) is 0 Å². The van der Waals surface area contributed by atoms with Crippen LogP contribution in [0.15, 0.2) is 72.9 Å². The molecule has 0 saturated carbocycles. The SMILES string of the molecule is CC/C=C\C/C=C\C/C=C\C/C=C\CCCCCCCCC(=O)OC(CO)COC(=O)CCCCCCCCCCCCCCCCCCCCC/C=C\C/C=C\CCCCCCC. The molecule has 0 aliphatic carbocycles. The highest BCUT2D eigenvalue weighted by Crippen LogP contribution is 2.16. The summed E-state index contributed by atoms with van der Waals surface area (Å²) in [6.07, 6.45) is 74.4. The van der Waals surface area contributed by atoms with E-state index in [4.69, 9.17) is 9.47 Å². The zero-order valence-electron chi connectivity index (χ0n) is 42.3. The fourth-order valence-corrected chi connectivity index (χ4v) is 7.87. The predicted molar refractivity (Wildman–Crippen MR) is 279 cm³/mol. The van der Waals surface area contributed by atoms with Gasteiger partial charge in [-0.15, -0.1) is 0 Å². The minimum Gasteiger partial charge on any atom is -0.462 e. The molecule has 0 radical (unpaired) electrons. The molecule has 0 aliphatic rings. The quantitative estimate of drug-likeness (QED) is 0.0374. The second kappa shape index (κ2) is 54.7. The lowest BCUT2D eigenvalue weighted by molar-refractivity contribution is -0.161. The maximum Gasteiger partial charge on any atom is 0.306 e. The van der Waals surface area contributed by atoms with Gasteiger partial charge in [-0.1, -0.05) is 247 Å². The van der Waals surface area contributed by atoms with Gasteiger partial charge in [0, 0.05) is 12.8 Å². The van der Waals surface area contributed by atoms with E-state index in [1.54, 1.807) is 0 Å². The molecule has 370 valence electrons. The highest BCUT2D eigenvalue weighted by molar-refractivity contribution is 5.70. The summed E-state index contributed by atoms with van der Waals surface area (Å²) in [6, 6.07) is 0. The molecular weight excluding hydrogens is 789 g/mol. The summed E-state index contributed by atoms with van der Waals surface area (Å²) in [5, 5.41) is 9.63. The Morgan fingerprint density at radius 2 is 0.672 bits per heavy atom. The molecule has 1 atom stereocenters. The first-order chi connectivity index (χ1) is 31.6. The normalized spacial score (nSPS) is 12.7. The van der Waals surface area contributed by atoms with E-state index in [9.17, 15) is 14.7 Å². The second-order valence-electron chi connectivity index (χ2n) is 18.3. The zero-order valence-corrected chi connectivity index (χ0v) is 42.3. The van der Waals surface area contributed by atoms with E-state index >= 15 is 0 Å². The van der Waals surface area contributed by atoms with Crippen molar-refractivity contribution in [3.8, 4) is 0 Å².